The van der Waals surface area contributed by atoms with Crippen molar-refractivity contribution in [2.45, 2.75) is 33.4 Å². The summed E-state index contributed by atoms with van der Waals surface area (Å²) >= 11 is 0. The number of hydrogen-bond acceptors (Lipinski definition) is 3. The smallest absolute Gasteiger partial charge is 0.272 e. The molecule has 82 valence electrons. The van der Waals surface area contributed by atoms with Gasteiger partial charge in [0.1, 0.15) is 0 Å². The van der Waals surface area contributed by atoms with Crippen LogP contribution in [-0.2, 0) is 6.54 Å². The lowest BCUT2D eigenvalue weighted by molar-refractivity contribution is -0.385. The van der Waals surface area contributed by atoms with E-state index in [0.29, 0.717) is 18.2 Å². The summed E-state index contributed by atoms with van der Waals surface area (Å²) in [5, 5.41) is 13.9. The van der Waals surface area contributed by atoms with Crippen LogP contribution in [0.3, 0.4) is 0 Å². The fourth-order valence-corrected chi connectivity index (χ4v) is 1.28. The van der Waals surface area contributed by atoms with Gasteiger partial charge < -0.3 is 5.32 Å². The molecule has 4 nitrogen and oxygen atoms in total. The Balaban J connectivity index is 2.83. The second-order valence-electron chi connectivity index (χ2n) is 3.91. The molecule has 15 heavy (non-hydrogen) atoms. The van der Waals surface area contributed by atoms with Gasteiger partial charge in [0, 0.05) is 24.2 Å². The van der Waals surface area contributed by atoms with E-state index in [-0.39, 0.29) is 10.6 Å². The molecule has 1 rings (SSSR count). The lowest BCUT2D eigenvalue weighted by Gasteiger charge is -2.08. The summed E-state index contributed by atoms with van der Waals surface area (Å²) in [5.74, 6) is 0. The first-order chi connectivity index (χ1) is 7.00. The predicted molar refractivity (Wildman–Crippen MR) is 59.8 cm³/mol. The number of hydrogen-bond donors (Lipinski definition) is 1. The van der Waals surface area contributed by atoms with Crippen LogP contribution in [0.4, 0.5) is 5.69 Å². The zero-order valence-electron chi connectivity index (χ0n) is 9.28. The van der Waals surface area contributed by atoms with Gasteiger partial charge in [0.2, 0.25) is 0 Å². The van der Waals surface area contributed by atoms with Crippen molar-refractivity contribution in [3.05, 3.63) is 39.4 Å². The Bertz CT molecular complexity index is 362. The van der Waals surface area contributed by atoms with Crippen LogP contribution in [-0.4, -0.2) is 11.0 Å². The van der Waals surface area contributed by atoms with Gasteiger partial charge in [0.05, 0.1) is 4.92 Å². The Morgan fingerprint density at radius 2 is 2.13 bits per heavy atom. The van der Waals surface area contributed by atoms with Gasteiger partial charge in [0.25, 0.3) is 5.69 Å². The molecule has 0 aromatic heterocycles. The van der Waals surface area contributed by atoms with Crippen LogP contribution in [0.1, 0.15) is 25.0 Å². The van der Waals surface area contributed by atoms with Crippen molar-refractivity contribution in [1.29, 1.82) is 0 Å². The highest BCUT2D eigenvalue weighted by molar-refractivity contribution is 5.42. The van der Waals surface area contributed by atoms with E-state index in [4.69, 9.17) is 0 Å². The van der Waals surface area contributed by atoms with Crippen molar-refractivity contribution in [1.82, 2.24) is 5.32 Å². The molecular weight excluding hydrogens is 192 g/mol. The summed E-state index contributed by atoms with van der Waals surface area (Å²) < 4.78 is 0. The molecule has 0 heterocycles. The van der Waals surface area contributed by atoms with Gasteiger partial charge in [0.15, 0.2) is 0 Å². The molecule has 0 radical (unpaired) electrons. The van der Waals surface area contributed by atoms with Gasteiger partial charge in [-0.2, -0.15) is 0 Å². The minimum Gasteiger partial charge on any atom is -0.310 e. The highest BCUT2D eigenvalue weighted by atomic mass is 16.6. The summed E-state index contributed by atoms with van der Waals surface area (Å²) in [6.45, 7) is 6.50. The summed E-state index contributed by atoms with van der Waals surface area (Å²) in [6.07, 6.45) is 0. The van der Waals surface area contributed by atoms with E-state index < -0.39 is 0 Å². The molecule has 4 heteroatoms. The number of benzene rings is 1. The Morgan fingerprint density at radius 1 is 1.47 bits per heavy atom. The van der Waals surface area contributed by atoms with E-state index in [0.717, 1.165) is 5.56 Å². The van der Waals surface area contributed by atoms with Gasteiger partial charge in [-0.05, 0) is 12.5 Å². The number of rotatable bonds is 4. The molecular formula is C11H16N2O2. The van der Waals surface area contributed by atoms with Crippen molar-refractivity contribution in [3.8, 4) is 0 Å². The van der Waals surface area contributed by atoms with E-state index in [1.807, 2.05) is 19.9 Å². The van der Waals surface area contributed by atoms with Crippen molar-refractivity contribution < 1.29 is 4.92 Å². The zero-order valence-corrected chi connectivity index (χ0v) is 9.28. The molecule has 0 spiro atoms. The van der Waals surface area contributed by atoms with E-state index in [2.05, 4.69) is 5.32 Å². The van der Waals surface area contributed by atoms with Crippen LogP contribution in [0.2, 0.25) is 0 Å². The molecule has 0 amide bonds. The van der Waals surface area contributed by atoms with Crippen LogP contribution in [0.25, 0.3) is 0 Å². The van der Waals surface area contributed by atoms with Gasteiger partial charge in [-0.1, -0.05) is 26.0 Å². The third-order valence-corrected chi connectivity index (χ3v) is 2.18. The molecule has 0 saturated carbocycles. The molecule has 1 N–H and O–H groups in total. The average molecular weight is 208 g/mol. The number of nitrogens with one attached hydrogen (secondary N) is 1. The average Bonchev–Trinajstić information content (AvgIpc) is 2.16. The quantitative estimate of drug-likeness (QED) is 0.610. The molecule has 0 saturated heterocycles. The first-order valence-electron chi connectivity index (χ1n) is 4.98. The fraction of sp³-hybridized carbons (Fsp3) is 0.455. The van der Waals surface area contributed by atoms with E-state index in [9.17, 15) is 10.1 Å². The van der Waals surface area contributed by atoms with Crippen LogP contribution >= 0.6 is 0 Å². The standard InChI is InChI=1S/C11H16N2O2/c1-8(2)12-7-10-5-4-9(3)11(6-10)13(14)15/h4-6,8,12H,7H2,1-3H3. The maximum absolute atomic E-state index is 10.7. The predicted octanol–water partition coefficient (Wildman–Crippen LogP) is 2.40. The van der Waals surface area contributed by atoms with Crippen molar-refractivity contribution in [2.24, 2.45) is 0 Å². The van der Waals surface area contributed by atoms with Crippen molar-refractivity contribution >= 4 is 5.69 Å². The van der Waals surface area contributed by atoms with E-state index in [1.165, 1.54) is 0 Å². The molecule has 0 fully saturated rings. The monoisotopic (exact) mass is 208 g/mol. The van der Waals surface area contributed by atoms with Crippen LogP contribution in [0.5, 0.6) is 0 Å². The van der Waals surface area contributed by atoms with E-state index in [1.54, 1.807) is 19.1 Å². The molecule has 0 aliphatic heterocycles. The zero-order chi connectivity index (χ0) is 11.4. The van der Waals surface area contributed by atoms with Crippen LogP contribution in [0, 0.1) is 17.0 Å². The summed E-state index contributed by atoms with van der Waals surface area (Å²) in [5.41, 5.74) is 1.84. The van der Waals surface area contributed by atoms with Crippen molar-refractivity contribution in [3.63, 3.8) is 0 Å². The highest BCUT2D eigenvalue weighted by Gasteiger charge is 2.10. The molecule has 0 atom stereocenters. The van der Waals surface area contributed by atoms with E-state index >= 15 is 0 Å². The molecule has 0 aliphatic rings. The molecule has 0 aliphatic carbocycles. The fourth-order valence-electron chi connectivity index (χ4n) is 1.28. The Labute approximate surface area is 89.5 Å². The summed E-state index contributed by atoms with van der Waals surface area (Å²) in [6, 6.07) is 5.71. The SMILES string of the molecule is Cc1ccc(CNC(C)C)cc1[N+](=O)[O-]. The summed E-state index contributed by atoms with van der Waals surface area (Å²) in [7, 11) is 0. The van der Waals surface area contributed by atoms with Crippen LogP contribution < -0.4 is 5.32 Å². The lowest BCUT2D eigenvalue weighted by atomic mass is 10.1. The van der Waals surface area contributed by atoms with Gasteiger partial charge >= 0.3 is 0 Å². The molecule has 0 bridgehead atoms. The van der Waals surface area contributed by atoms with Gasteiger partial charge in [-0.3, -0.25) is 10.1 Å². The lowest BCUT2D eigenvalue weighted by Crippen LogP contribution is -2.21. The number of nitro benzene ring substituents is 1. The second-order valence-corrected chi connectivity index (χ2v) is 3.91. The largest absolute Gasteiger partial charge is 0.310 e. The molecule has 0 unspecified atom stereocenters. The second kappa shape index (κ2) is 4.89. The highest BCUT2D eigenvalue weighted by Crippen LogP contribution is 2.19. The van der Waals surface area contributed by atoms with Crippen LogP contribution in [0.15, 0.2) is 18.2 Å². The number of nitrogens with zero attached hydrogens (tertiary/aromatic N) is 1. The van der Waals surface area contributed by atoms with Crippen molar-refractivity contribution in [2.75, 3.05) is 0 Å². The summed E-state index contributed by atoms with van der Waals surface area (Å²) in [4.78, 5) is 10.4. The normalized spacial score (nSPS) is 10.7. The van der Waals surface area contributed by atoms with Gasteiger partial charge in [-0.15, -0.1) is 0 Å². The maximum Gasteiger partial charge on any atom is 0.272 e. The third kappa shape index (κ3) is 3.32. The first-order valence-corrected chi connectivity index (χ1v) is 4.98. The number of nitro groups is 1. The minimum atomic E-state index is -0.339. The third-order valence-electron chi connectivity index (χ3n) is 2.18. The topological polar surface area (TPSA) is 55.2 Å². The maximum atomic E-state index is 10.7. The first kappa shape index (κ1) is 11.7. The minimum absolute atomic E-state index is 0.193. The number of aryl methyl sites for hydroxylation is 1. The Kier molecular flexibility index (Phi) is 3.80. The Hall–Kier alpha value is -1.42. The Morgan fingerprint density at radius 3 is 2.67 bits per heavy atom. The molecule has 1 aromatic carbocycles. The van der Waals surface area contributed by atoms with Gasteiger partial charge in [-0.25, -0.2) is 0 Å². The molecule has 1 aromatic rings.